The standard InChI is InChI=1S/C8H15N/c1-2-7-5-9-6-8(7)3-4-8/h7,9H,2-6H2,1H3/t7-/m0/s1. The van der Waals surface area contributed by atoms with Crippen LogP contribution in [0.15, 0.2) is 0 Å². The van der Waals surface area contributed by atoms with E-state index in [4.69, 9.17) is 0 Å². The molecule has 1 heterocycles. The Kier molecular flexibility index (Phi) is 1.10. The molecule has 0 bridgehead atoms. The maximum atomic E-state index is 3.48. The molecule has 0 aromatic rings. The van der Waals surface area contributed by atoms with Gasteiger partial charge in [0.05, 0.1) is 0 Å². The van der Waals surface area contributed by atoms with Gasteiger partial charge in [0, 0.05) is 6.54 Å². The Bertz CT molecular complexity index is 116. The summed E-state index contributed by atoms with van der Waals surface area (Å²) in [5, 5.41) is 3.48. The molecular formula is C8H15N. The van der Waals surface area contributed by atoms with Gasteiger partial charge in [0.1, 0.15) is 0 Å². The van der Waals surface area contributed by atoms with Crippen LogP contribution in [0.3, 0.4) is 0 Å². The third-order valence-electron chi connectivity index (χ3n) is 3.12. The van der Waals surface area contributed by atoms with Gasteiger partial charge in [0.2, 0.25) is 0 Å². The van der Waals surface area contributed by atoms with Crippen molar-refractivity contribution in [2.24, 2.45) is 11.3 Å². The Morgan fingerprint density at radius 2 is 2.33 bits per heavy atom. The largest absolute Gasteiger partial charge is 0.316 e. The number of hydrogen-bond donors (Lipinski definition) is 1. The van der Waals surface area contributed by atoms with Gasteiger partial charge in [0.25, 0.3) is 0 Å². The fourth-order valence-electron chi connectivity index (χ4n) is 2.18. The molecule has 1 atom stereocenters. The zero-order chi connectivity index (χ0) is 6.32. The Labute approximate surface area is 56.8 Å². The summed E-state index contributed by atoms with van der Waals surface area (Å²) in [5.41, 5.74) is 0.800. The topological polar surface area (TPSA) is 12.0 Å². The van der Waals surface area contributed by atoms with Crippen molar-refractivity contribution < 1.29 is 0 Å². The molecule has 9 heavy (non-hydrogen) atoms. The van der Waals surface area contributed by atoms with E-state index in [0.29, 0.717) is 0 Å². The highest BCUT2D eigenvalue weighted by Crippen LogP contribution is 2.54. The second-order valence-electron chi connectivity index (χ2n) is 3.60. The second kappa shape index (κ2) is 1.72. The number of rotatable bonds is 1. The van der Waals surface area contributed by atoms with Crippen LogP contribution in [-0.4, -0.2) is 13.1 Å². The van der Waals surface area contributed by atoms with Crippen LogP contribution in [0, 0.1) is 11.3 Å². The van der Waals surface area contributed by atoms with Crippen LogP contribution < -0.4 is 5.32 Å². The fourth-order valence-corrected chi connectivity index (χ4v) is 2.18. The summed E-state index contributed by atoms with van der Waals surface area (Å²) in [6.45, 7) is 4.92. The molecule has 1 spiro atoms. The first-order chi connectivity index (χ1) is 4.37. The van der Waals surface area contributed by atoms with E-state index in [9.17, 15) is 0 Å². The van der Waals surface area contributed by atoms with Crippen molar-refractivity contribution in [3.63, 3.8) is 0 Å². The van der Waals surface area contributed by atoms with Crippen LogP contribution in [0.4, 0.5) is 0 Å². The number of nitrogens with one attached hydrogen (secondary N) is 1. The summed E-state index contributed by atoms with van der Waals surface area (Å²) in [5.74, 6) is 1.01. The Morgan fingerprint density at radius 1 is 1.56 bits per heavy atom. The molecule has 2 aliphatic rings. The van der Waals surface area contributed by atoms with Crippen LogP contribution in [0.25, 0.3) is 0 Å². The van der Waals surface area contributed by atoms with E-state index >= 15 is 0 Å². The molecule has 1 nitrogen and oxygen atoms in total. The minimum atomic E-state index is 0.800. The van der Waals surface area contributed by atoms with E-state index in [1.54, 1.807) is 0 Å². The second-order valence-corrected chi connectivity index (χ2v) is 3.60. The fraction of sp³-hybridized carbons (Fsp3) is 1.00. The lowest BCUT2D eigenvalue weighted by molar-refractivity contribution is 0.387. The van der Waals surface area contributed by atoms with E-state index in [1.807, 2.05) is 0 Å². The van der Waals surface area contributed by atoms with Crippen molar-refractivity contribution in [3.05, 3.63) is 0 Å². The molecule has 52 valence electrons. The summed E-state index contributed by atoms with van der Waals surface area (Å²) < 4.78 is 0. The van der Waals surface area contributed by atoms with E-state index in [0.717, 1.165) is 11.3 Å². The third kappa shape index (κ3) is 0.710. The SMILES string of the molecule is CC[C@H]1CNCC12CC2. The predicted molar refractivity (Wildman–Crippen MR) is 38.3 cm³/mol. The monoisotopic (exact) mass is 125 g/mol. The summed E-state index contributed by atoms with van der Waals surface area (Å²) >= 11 is 0. The van der Waals surface area contributed by atoms with E-state index in [1.165, 1.54) is 32.4 Å². The van der Waals surface area contributed by atoms with Gasteiger partial charge >= 0.3 is 0 Å². The van der Waals surface area contributed by atoms with Gasteiger partial charge in [-0.25, -0.2) is 0 Å². The zero-order valence-corrected chi connectivity index (χ0v) is 6.11. The van der Waals surface area contributed by atoms with E-state index in [-0.39, 0.29) is 0 Å². The molecule has 1 aliphatic heterocycles. The van der Waals surface area contributed by atoms with Crippen molar-refractivity contribution >= 4 is 0 Å². The van der Waals surface area contributed by atoms with Crippen molar-refractivity contribution in [1.82, 2.24) is 5.32 Å². The summed E-state index contributed by atoms with van der Waals surface area (Å²) in [7, 11) is 0. The third-order valence-corrected chi connectivity index (χ3v) is 3.12. The molecule has 1 aliphatic carbocycles. The summed E-state index contributed by atoms with van der Waals surface area (Å²) in [4.78, 5) is 0. The van der Waals surface area contributed by atoms with Gasteiger partial charge in [-0.1, -0.05) is 13.3 Å². The summed E-state index contributed by atoms with van der Waals surface area (Å²) in [6, 6.07) is 0. The molecule has 0 amide bonds. The smallest absolute Gasteiger partial charge is 0.00111 e. The van der Waals surface area contributed by atoms with Crippen LogP contribution in [0.2, 0.25) is 0 Å². The number of hydrogen-bond acceptors (Lipinski definition) is 1. The first kappa shape index (κ1) is 5.72. The predicted octanol–water partition coefficient (Wildman–Crippen LogP) is 1.40. The lowest BCUT2D eigenvalue weighted by Gasteiger charge is -2.13. The van der Waals surface area contributed by atoms with E-state index < -0.39 is 0 Å². The quantitative estimate of drug-likeness (QED) is 0.558. The van der Waals surface area contributed by atoms with Crippen molar-refractivity contribution in [2.75, 3.05) is 13.1 Å². The Morgan fingerprint density at radius 3 is 2.78 bits per heavy atom. The first-order valence-electron chi connectivity index (χ1n) is 4.08. The van der Waals surface area contributed by atoms with Crippen LogP contribution >= 0.6 is 0 Å². The maximum absolute atomic E-state index is 3.48. The van der Waals surface area contributed by atoms with Gasteiger partial charge in [0.15, 0.2) is 0 Å². The van der Waals surface area contributed by atoms with Crippen molar-refractivity contribution in [2.45, 2.75) is 26.2 Å². The molecule has 1 N–H and O–H groups in total. The highest BCUT2D eigenvalue weighted by atomic mass is 15.0. The van der Waals surface area contributed by atoms with Gasteiger partial charge in [-0.2, -0.15) is 0 Å². The Balaban J connectivity index is 2.05. The van der Waals surface area contributed by atoms with Gasteiger partial charge in [-0.05, 0) is 30.7 Å². The highest BCUT2D eigenvalue weighted by molar-refractivity contribution is 5.04. The molecule has 2 fully saturated rings. The molecule has 0 unspecified atom stereocenters. The average Bonchev–Trinajstić information content (AvgIpc) is 2.45. The van der Waals surface area contributed by atoms with Crippen molar-refractivity contribution in [1.29, 1.82) is 0 Å². The lowest BCUT2D eigenvalue weighted by atomic mass is 9.91. The zero-order valence-electron chi connectivity index (χ0n) is 6.11. The molecule has 1 saturated carbocycles. The molecule has 0 aromatic heterocycles. The van der Waals surface area contributed by atoms with Crippen LogP contribution in [0.1, 0.15) is 26.2 Å². The van der Waals surface area contributed by atoms with Crippen LogP contribution in [0.5, 0.6) is 0 Å². The highest BCUT2D eigenvalue weighted by Gasteiger charge is 2.50. The molecule has 2 rings (SSSR count). The lowest BCUT2D eigenvalue weighted by Crippen LogP contribution is -2.11. The molecule has 1 saturated heterocycles. The first-order valence-corrected chi connectivity index (χ1v) is 4.08. The van der Waals surface area contributed by atoms with Gasteiger partial charge < -0.3 is 5.32 Å². The van der Waals surface area contributed by atoms with Crippen molar-refractivity contribution in [3.8, 4) is 0 Å². The average molecular weight is 125 g/mol. The van der Waals surface area contributed by atoms with Crippen LogP contribution in [-0.2, 0) is 0 Å². The molecule has 1 heteroatoms. The van der Waals surface area contributed by atoms with Gasteiger partial charge in [-0.15, -0.1) is 0 Å². The molecular weight excluding hydrogens is 110 g/mol. The summed E-state index contributed by atoms with van der Waals surface area (Å²) in [6.07, 6.45) is 4.38. The van der Waals surface area contributed by atoms with Gasteiger partial charge in [-0.3, -0.25) is 0 Å². The minimum absolute atomic E-state index is 0.800. The molecule has 0 aromatic carbocycles. The Hall–Kier alpha value is -0.0400. The van der Waals surface area contributed by atoms with E-state index in [2.05, 4.69) is 12.2 Å². The minimum Gasteiger partial charge on any atom is -0.316 e. The maximum Gasteiger partial charge on any atom is 0.00111 e. The normalized spacial score (nSPS) is 37.7. The molecule has 0 radical (unpaired) electrons.